The molecule has 0 unspecified atom stereocenters. The zero-order valence-electron chi connectivity index (χ0n) is 23.2. The Morgan fingerprint density at radius 2 is 1.03 bits per heavy atom. The van der Waals surface area contributed by atoms with Crippen LogP contribution in [0.3, 0.4) is 0 Å². The van der Waals surface area contributed by atoms with Gasteiger partial charge in [-0.05, 0) is 126 Å². The van der Waals surface area contributed by atoms with Crippen molar-refractivity contribution in [1.29, 1.82) is 0 Å². The molecular weight excluding hydrogens is 463 g/mol. The SMILES string of the molecule is CC(C)(C)O.CC(C)(C)O.CC(C)(O)CCS.CC(C)(O)CCSCCCCP(C)(C)=O. The van der Waals surface area contributed by atoms with E-state index in [2.05, 4.69) is 12.6 Å². The molecule has 0 radical (unpaired) electrons. The van der Waals surface area contributed by atoms with E-state index in [4.69, 9.17) is 15.3 Å². The minimum Gasteiger partial charge on any atom is -0.391 e. The van der Waals surface area contributed by atoms with E-state index >= 15 is 0 Å². The molecule has 0 fully saturated rings. The largest absolute Gasteiger partial charge is 0.391 e. The molecule has 0 bridgehead atoms. The molecule has 0 aromatic rings. The molecule has 0 aliphatic rings. The molecule has 0 atom stereocenters. The molecule has 0 saturated heterocycles. The standard InChI is InChI=1S/C11H25O2PS.C5H12OS.2C4H10O/c1-11(2,12)7-10-15-9-6-5-8-14(3,4)13;1-5(2,6)3-4-7;2*1-4(2,3)5/h12H,5-10H2,1-4H3;6-7H,3-4H2,1-2H3;2*5H,1-3H3. The third-order valence-electron chi connectivity index (χ3n) is 2.82. The van der Waals surface area contributed by atoms with Gasteiger partial charge in [-0.1, -0.05) is 0 Å². The van der Waals surface area contributed by atoms with Crippen LogP contribution in [0.25, 0.3) is 0 Å². The summed E-state index contributed by atoms with van der Waals surface area (Å²) in [6.45, 7) is 21.4. The van der Waals surface area contributed by atoms with Crippen molar-refractivity contribution in [2.45, 2.75) is 117 Å². The highest BCUT2D eigenvalue weighted by molar-refractivity contribution is 7.99. The molecule has 0 aromatic heterocycles. The monoisotopic (exact) mass is 520 g/mol. The lowest BCUT2D eigenvalue weighted by molar-refractivity contribution is 0.0772. The van der Waals surface area contributed by atoms with Gasteiger partial charge in [-0.3, -0.25) is 0 Å². The van der Waals surface area contributed by atoms with Crippen LogP contribution in [0.2, 0.25) is 0 Å². The van der Waals surface area contributed by atoms with Gasteiger partial charge in [0.2, 0.25) is 0 Å². The Morgan fingerprint density at radius 1 is 0.688 bits per heavy atom. The Hall–Kier alpha value is 0.770. The molecule has 0 spiro atoms. The lowest BCUT2D eigenvalue weighted by atomic mass is 10.1. The normalized spacial score (nSPS) is 12.5. The fourth-order valence-corrected chi connectivity index (χ4v) is 4.18. The topological polar surface area (TPSA) is 98.0 Å². The predicted molar refractivity (Wildman–Crippen MR) is 151 cm³/mol. The first kappa shape index (κ1) is 40.0. The zero-order valence-corrected chi connectivity index (χ0v) is 25.8. The minimum atomic E-state index is -1.80. The summed E-state index contributed by atoms with van der Waals surface area (Å²) in [4.78, 5) is 0. The number of hydrogen-bond donors (Lipinski definition) is 5. The molecule has 32 heavy (non-hydrogen) atoms. The molecule has 4 N–H and O–H groups in total. The number of thioether (sulfide) groups is 1. The summed E-state index contributed by atoms with van der Waals surface area (Å²) < 4.78 is 11.4. The first-order valence-corrected chi connectivity index (χ1v) is 16.0. The van der Waals surface area contributed by atoms with E-state index in [0.717, 1.165) is 49.1 Å². The second-order valence-corrected chi connectivity index (χ2v) is 17.1. The van der Waals surface area contributed by atoms with Gasteiger partial charge in [-0.15, -0.1) is 0 Å². The van der Waals surface area contributed by atoms with Crippen molar-refractivity contribution in [3.05, 3.63) is 0 Å². The van der Waals surface area contributed by atoms with Crippen LogP contribution >= 0.6 is 31.5 Å². The van der Waals surface area contributed by atoms with Gasteiger partial charge in [0, 0.05) is 6.16 Å². The van der Waals surface area contributed by atoms with E-state index in [1.807, 2.05) is 38.9 Å². The van der Waals surface area contributed by atoms with Crippen molar-refractivity contribution in [1.82, 2.24) is 0 Å². The Morgan fingerprint density at radius 3 is 1.25 bits per heavy atom. The predicted octanol–water partition coefficient (Wildman–Crippen LogP) is 5.92. The Balaban J connectivity index is -0.000000190. The highest BCUT2D eigenvalue weighted by Gasteiger charge is 2.11. The molecule has 0 aromatic carbocycles. The van der Waals surface area contributed by atoms with Crippen molar-refractivity contribution in [3.63, 3.8) is 0 Å². The molecule has 0 heterocycles. The van der Waals surface area contributed by atoms with Crippen LogP contribution in [0.15, 0.2) is 0 Å². The number of unbranched alkanes of at least 4 members (excludes halogenated alkanes) is 1. The molecule has 0 saturated carbocycles. The maximum atomic E-state index is 11.4. The summed E-state index contributed by atoms with van der Waals surface area (Å²) in [6, 6.07) is 0. The number of hydrogen-bond acceptors (Lipinski definition) is 7. The Bertz CT molecular complexity index is 429. The van der Waals surface area contributed by atoms with E-state index in [1.54, 1.807) is 55.4 Å². The van der Waals surface area contributed by atoms with Crippen LogP contribution in [-0.4, -0.2) is 79.6 Å². The average molecular weight is 521 g/mol. The maximum Gasteiger partial charge on any atom is 0.0819 e. The van der Waals surface area contributed by atoms with Gasteiger partial charge in [0.25, 0.3) is 0 Å². The molecule has 8 heteroatoms. The highest BCUT2D eigenvalue weighted by Crippen LogP contribution is 2.36. The van der Waals surface area contributed by atoms with Crippen LogP contribution in [0.4, 0.5) is 0 Å². The van der Waals surface area contributed by atoms with Crippen molar-refractivity contribution in [2.75, 3.05) is 36.8 Å². The molecular formula is C24H57O5PS2. The van der Waals surface area contributed by atoms with E-state index in [0.29, 0.717) is 0 Å². The Kier molecular flexibility index (Phi) is 23.7. The summed E-state index contributed by atoms with van der Waals surface area (Å²) >= 11 is 5.84. The van der Waals surface area contributed by atoms with Crippen molar-refractivity contribution < 1.29 is 25.0 Å². The second kappa shape index (κ2) is 19.0. The van der Waals surface area contributed by atoms with E-state index < -0.39 is 29.5 Å². The van der Waals surface area contributed by atoms with Crippen molar-refractivity contribution in [2.24, 2.45) is 0 Å². The molecule has 5 nitrogen and oxygen atoms in total. The van der Waals surface area contributed by atoms with Gasteiger partial charge < -0.3 is 25.0 Å². The Labute approximate surface area is 210 Å². The van der Waals surface area contributed by atoms with Gasteiger partial charge in [-0.2, -0.15) is 24.4 Å². The maximum absolute atomic E-state index is 11.4. The lowest BCUT2D eigenvalue weighted by Crippen LogP contribution is -2.19. The van der Waals surface area contributed by atoms with Gasteiger partial charge >= 0.3 is 0 Å². The minimum absolute atomic E-state index is 0.500. The summed E-state index contributed by atoms with van der Waals surface area (Å²) in [5, 5.41) is 35.5. The molecule has 0 rings (SSSR count). The quantitative estimate of drug-likeness (QED) is 0.139. The summed E-state index contributed by atoms with van der Waals surface area (Å²) in [5.41, 5.74) is -2.06. The van der Waals surface area contributed by atoms with Gasteiger partial charge in [0.15, 0.2) is 0 Å². The van der Waals surface area contributed by atoms with Crippen LogP contribution in [-0.2, 0) is 4.57 Å². The smallest absolute Gasteiger partial charge is 0.0819 e. The zero-order chi connectivity index (χ0) is 26.9. The van der Waals surface area contributed by atoms with E-state index in [-0.39, 0.29) is 0 Å². The molecule has 0 amide bonds. The number of aliphatic hydroxyl groups is 4. The second-order valence-electron chi connectivity index (χ2n) is 11.8. The van der Waals surface area contributed by atoms with Crippen molar-refractivity contribution >= 4 is 31.5 Å². The third kappa shape index (κ3) is 97.0. The number of thiol groups is 1. The van der Waals surface area contributed by atoms with Gasteiger partial charge in [0.1, 0.15) is 0 Å². The first-order chi connectivity index (χ1) is 13.8. The summed E-state index contributed by atoms with van der Waals surface area (Å²) in [7, 11) is -1.80. The van der Waals surface area contributed by atoms with Crippen LogP contribution in [0, 0.1) is 0 Å². The summed E-state index contributed by atoms with van der Waals surface area (Å²) in [5.74, 6) is 2.89. The van der Waals surface area contributed by atoms with Crippen LogP contribution in [0.1, 0.15) is 94.9 Å². The highest BCUT2D eigenvalue weighted by atomic mass is 32.2. The van der Waals surface area contributed by atoms with Crippen molar-refractivity contribution in [3.8, 4) is 0 Å². The van der Waals surface area contributed by atoms with Crippen LogP contribution < -0.4 is 0 Å². The van der Waals surface area contributed by atoms with E-state index in [1.165, 1.54) is 0 Å². The fraction of sp³-hybridized carbons (Fsp3) is 1.00. The molecule has 0 aliphatic carbocycles. The molecule has 0 aliphatic heterocycles. The fourth-order valence-electron chi connectivity index (χ4n) is 1.39. The van der Waals surface area contributed by atoms with Crippen LogP contribution in [0.5, 0.6) is 0 Å². The first-order valence-electron chi connectivity index (χ1n) is 11.4. The number of rotatable bonds is 10. The molecule has 200 valence electrons. The lowest BCUT2D eigenvalue weighted by Gasteiger charge is -2.16. The third-order valence-corrected chi connectivity index (χ3v) is 5.50. The summed E-state index contributed by atoms with van der Waals surface area (Å²) in [6.07, 6.45) is 4.69. The van der Waals surface area contributed by atoms with E-state index in [9.17, 15) is 9.67 Å². The average Bonchev–Trinajstić information content (AvgIpc) is 2.39. The van der Waals surface area contributed by atoms with Gasteiger partial charge in [-0.25, -0.2) is 0 Å². The van der Waals surface area contributed by atoms with Gasteiger partial charge in [0.05, 0.1) is 29.5 Å².